The molecule has 0 aliphatic carbocycles. The van der Waals surface area contributed by atoms with Crippen molar-refractivity contribution in [3.8, 4) is 5.69 Å². The molecule has 10 heteroatoms. The van der Waals surface area contributed by atoms with Gasteiger partial charge < -0.3 is 10.4 Å². The van der Waals surface area contributed by atoms with E-state index < -0.39 is 21.8 Å². The highest BCUT2D eigenvalue weighted by Crippen LogP contribution is 2.25. The van der Waals surface area contributed by atoms with Crippen molar-refractivity contribution in [1.29, 1.82) is 0 Å². The number of aliphatic carboxylic acids is 1. The van der Waals surface area contributed by atoms with E-state index in [-0.39, 0.29) is 29.6 Å². The summed E-state index contributed by atoms with van der Waals surface area (Å²) in [6.07, 6.45) is 4.57. The number of carboxylic acid groups (broad SMARTS) is 1. The molecule has 1 atom stereocenters. The number of nitrogens with zero attached hydrogens (tertiary/aromatic N) is 3. The van der Waals surface area contributed by atoms with Crippen molar-refractivity contribution < 1.29 is 22.7 Å². The van der Waals surface area contributed by atoms with Crippen LogP contribution in [0.25, 0.3) is 5.69 Å². The molecule has 1 aromatic carbocycles. The van der Waals surface area contributed by atoms with Crippen LogP contribution >= 0.6 is 0 Å². The number of piperidine rings is 1. The van der Waals surface area contributed by atoms with Crippen LogP contribution in [0.4, 0.5) is 4.39 Å². The van der Waals surface area contributed by atoms with Gasteiger partial charge >= 0.3 is 5.97 Å². The molecule has 2 N–H and O–H groups in total. The molecule has 1 fully saturated rings. The zero-order valence-corrected chi connectivity index (χ0v) is 15.4. The van der Waals surface area contributed by atoms with E-state index >= 15 is 0 Å². The quantitative estimate of drug-likeness (QED) is 0.726. The lowest BCUT2D eigenvalue weighted by Crippen LogP contribution is -2.43. The zero-order valence-electron chi connectivity index (χ0n) is 14.6. The first-order chi connectivity index (χ1) is 12.9. The van der Waals surface area contributed by atoms with Crippen molar-refractivity contribution in [1.82, 2.24) is 19.4 Å². The van der Waals surface area contributed by atoms with Crippen LogP contribution in [0.5, 0.6) is 0 Å². The number of halogens is 1. The van der Waals surface area contributed by atoms with Gasteiger partial charge in [0.1, 0.15) is 11.5 Å². The Kier molecular flexibility index (Phi) is 5.88. The Morgan fingerprint density at radius 2 is 2.22 bits per heavy atom. The molecule has 146 valence electrons. The Labute approximate surface area is 156 Å². The Balaban J connectivity index is 1.73. The minimum atomic E-state index is -3.82. The molecular formula is C17H21FN4O4S. The van der Waals surface area contributed by atoms with Gasteiger partial charge in [-0.1, -0.05) is 0 Å². The van der Waals surface area contributed by atoms with Crippen LogP contribution in [-0.2, 0) is 14.8 Å². The van der Waals surface area contributed by atoms with Gasteiger partial charge in [-0.15, -0.1) is 0 Å². The van der Waals surface area contributed by atoms with E-state index in [0.717, 1.165) is 12.5 Å². The van der Waals surface area contributed by atoms with Gasteiger partial charge in [-0.25, -0.2) is 17.5 Å². The lowest BCUT2D eigenvalue weighted by Gasteiger charge is -2.32. The van der Waals surface area contributed by atoms with E-state index in [2.05, 4.69) is 10.4 Å². The predicted octanol–water partition coefficient (Wildman–Crippen LogP) is 1.09. The third-order valence-corrected chi connectivity index (χ3v) is 6.36. The normalized spacial score (nSPS) is 18.5. The maximum Gasteiger partial charge on any atom is 0.317 e. The first-order valence-corrected chi connectivity index (χ1v) is 10.0. The maximum absolute atomic E-state index is 14.4. The fraction of sp³-hybridized carbons (Fsp3) is 0.412. The van der Waals surface area contributed by atoms with Gasteiger partial charge in [0, 0.05) is 25.5 Å². The molecule has 3 rings (SSSR count). The molecule has 0 spiro atoms. The van der Waals surface area contributed by atoms with Crippen LogP contribution in [-0.4, -0.2) is 59.8 Å². The van der Waals surface area contributed by atoms with E-state index in [4.69, 9.17) is 5.11 Å². The Hall–Kier alpha value is -2.30. The molecule has 0 radical (unpaired) electrons. The third-order valence-electron chi connectivity index (χ3n) is 4.50. The molecule has 2 heterocycles. The van der Waals surface area contributed by atoms with E-state index in [1.807, 2.05) is 0 Å². The number of carboxylic acids is 1. The number of sulfonamides is 1. The number of rotatable bonds is 7. The van der Waals surface area contributed by atoms with Crippen LogP contribution in [0, 0.1) is 11.7 Å². The second kappa shape index (κ2) is 8.15. The van der Waals surface area contributed by atoms with Crippen molar-refractivity contribution in [3.63, 3.8) is 0 Å². The molecule has 1 unspecified atom stereocenters. The van der Waals surface area contributed by atoms with Crippen molar-refractivity contribution >= 4 is 16.0 Å². The lowest BCUT2D eigenvalue weighted by atomic mass is 10.00. The second-order valence-corrected chi connectivity index (χ2v) is 8.40. The van der Waals surface area contributed by atoms with Crippen molar-refractivity contribution in [2.75, 3.05) is 26.2 Å². The van der Waals surface area contributed by atoms with Crippen LogP contribution in [0.2, 0.25) is 0 Å². The van der Waals surface area contributed by atoms with Gasteiger partial charge in [0.15, 0.2) is 0 Å². The molecule has 27 heavy (non-hydrogen) atoms. The van der Waals surface area contributed by atoms with Gasteiger partial charge in [-0.05, 0) is 49.6 Å². The lowest BCUT2D eigenvalue weighted by molar-refractivity contribution is -0.136. The molecule has 0 bridgehead atoms. The van der Waals surface area contributed by atoms with Crippen LogP contribution in [0.1, 0.15) is 12.8 Å². The minimum Gasteiger partial charge on any atom is -0.480 e. The summed E-state index contributed by atoms with van der Waals surface area (Å²) in [5, 5.41) is 15.4. The van der Waals surface area contributed by atoms with E-state index in [1.54, 1.807) is 12.3 Å². The Morgan fingerprint density at radius 3 is 2.89 bits per heavy atom. The summed E-state index contributed by atoms with van der Waals surface area (Å²) in [4.78, 5) is 10.5. The van der Waals surface area contributed by atoms with Crippen molar-refractivity contribution in [2.24, 2.45) is 5.92 Å². The number of carbonyl (C=O) groups is 1. The monoisotopic (exact) mass is 396 g/mol. The number of aromatic nitrogens is 2. The minimum absolute atomic E-state index is 0.0149. The largest absolute Gasteiger partial charge is 0.480 e. The van der Waals surface area contributed by atoms with Crippen molar-refractivity contribution in [3.05, 3.63) is 42.5 Å². The van der Waals surface area contributed by atoms with E-state index in [1.165, 1.54) is 27.3 Å². The van der Waals surface area contributed by atoms with Crippen LogP contribution in [0.15, 0.2) is 41.6 Å². The average molecular weight is 396 g/mol. The molecular weight excluding hydrogens is 375 g/mol. The number of nitrogens with one attached hydrogen (secondary N) is 1. The first-order valence-electron chi connectivity index (χ1n) is 8.60. The molecule has 2 aromatic rings. The first kappa shape index (κ1) is 19.5. The summed E-state index contributed by atoms with van der Waals surface area (Å²) in [7, 11) is -3.82. The number of benzene rings is 1. The Morgan fingerprint density at radius 1 is 1.41 bits per heavy atom. The number of hydrogen-bond donors (Lipinski definition) is 2. The number of hydrogen-bond acceptors (Lipinski definition) is 5. The Bertz CT molecular complexity index is 902. The molecule has 1 aromatic heterocycles. The molecule has 0 saturated carbocycles. The second-order valence-electron chi connectivity index (χ2n) is 6.46. The van der Waals surface area contributed by atoms with E-state index in [9.17, 15) is 17.6 Å². The zero-order chi connectivity index (χ0) is 19.4. The smallest absolute Gasteiger partial charge is 0.317 e. The standard InChI is InChI=1S/C17H21FN4O4S/c18-15-9-14(4-5-16(15)22-8-2-6-20-22)27(25,26)21-7-1-3-13(12-21)10-19-11-17(23)24/h2,4-6,8-9,13,19H,1,3,7,10-12H2,(H,23,24). The SMILES string of the molecule is O=C(O)CNCC1CCCN(S(=O)(=O)c2ccc(-n3cccn3)c(F)c2)C1. The van der Waals surface area contributed by atoms with Crippen molar-refractivity contribution in [2.45, 2.75) is 17.7 Å². The summed E-state index contributed by atoms with van der Waals surface area (Å²) in [5.41, 5.74) is 0.174. The van der Waals surface area contributed by atoms with Crippen LogP contribution < -0.4 is 5.32 Å². The van der Waals surface area contributed by atoms with Gasteiger partial charge in [0.2, 0.25) is 10.0 Å². The summed E-state index contributed by atoms with van der Waals surface area (Å²) in [6, 6.07) is 5.43. The topological polar surface area (TPSA) is 105 Å². The molecule has 0 amide bonds. The molecule has 1 aliphatic rings. The highest BCUT2D eigenvalue weighted by atomic mass is 32.2. The van der Waals surface area contributed by atoms with Gasteiger partial charge in [-0.3, -0.25) is 4.79 Å². The fourth-order valence-corrected chi connectivity index (χ4v) is 4.76. The van der Waals surface area contributed by atoms with Crippen LogP contribution in [0.3, 0.4) is 0 Å². The highest BCUT2D eigenvalue weighted by molar-refractivity contribution is 7.89. The van der Waals surface area contributed by atoms with Gasteiger partial charge in [0.05, 0.1) is 11.4 Å². The van der Waals surface area contributed by atoms with Gasteiger partial charge in [-0.2, -0.15) is 9.40 Å². The van der Waals surface area contributed by atoms with Gasteiger partial charge in [0.25, 0.3) is 0 Å². The summed E-state index contributed by atoms with van der Waals surface area (Å²) >= 11 is 0. The molecule has 8 nitrogen and oxygen atoms in total. The average Bonchev–Trinajstić information content (AvgIpc) is 3.16. The highest BCUT2D eigenvalue weighted by Gasteiger charge is 2.30. The third kappa shape index (κ3) is 4.52. The molecule has 1 aliphatic heterocycles. The molecule has 1 saturated heterocycles. The maximum atomic E-state index is 14.4. The van der Waals surface area contributed by atoms with E-state index in [0.29, 0.717) is 19.5 Å². The summed E-state index contributed by atoms with van der Waals surface area (Å²) < 4.78 is 42.9. The summed E-state index contributed by atoms with van der Waals surface area (Å²) in [6.45, 7) is 0.895. The predicted molar refractivity (Wildman–Crippen MR) is 95.5 cm³/mol. The fourth-order valence-electron chi connectivity index (χ4n) is 3.19. The summed E-state index contributed by atoms with van der Waals surface area (Å²) in [5.74, 6) is -1.61.